The third kappa shape index (κ3) is 3.43. The van der Waals surface area contributed by atoms with Crippen LogP contribution < -0.4 is 9.64 Å². The summed E-state index contributed by atoms with van der Waals surface area (Å²) < 4.78 is 18.5. The first-order chi connectivity index (χ1) is 13.4. The van der Waals surface area contributed by atoms with Crippen molar-refractivity contribution in [2.75, 3.05) is 31.1 Å². The van der Waals surface area contributed by atoms with Crippen molar-refractivity contribution in [1.29, 1.82) is 0 Å². The summed E-state index contributed by atoms with van der Waals surface area (Å²) in [5.41, 5.74) is -0.228. The number of aliphatic hydroxyl groups is 1. The molecule has 1 atom stereocenters. The van der Waals surface area contributed by atoms with Crippen LogP contribution in [0.2, 0.25) is 5.02 Å². The van der Waals surface area contributed by atoms with E-state index in [0.717, 1.165) is 0 Å². The van der Waals surface area contributed by atoms with Crippen molar-refractivity contribution >= 4 is 29.1 Å². The van der Waals surface area contributed by atoms with Crippen molar-refractivity contribution < 1.29 is 23.8 Å². The van der Waals surface area contributed by atoms with Gasteiger partial charge in [0.1, 0.15) is 23.7 Å². The van der Waals surface area contributed by atoms with Gasteiger partial charge in [-0.05, 0) is 42.3 Å². The topological polar surface area (TPSA) is 70.1 Å². The number of ether oxygens (including phenoxy) is 1. The van der Waals surface area contributed by atoms with Gasteiger partial charge in [-0.3, -0.25) is 14.5 Å². The Kier molecular flexibility index (Phi) is 4.72. The molecule has 0 aliphatic carbocycles. The molecule has 2 aromatic rings. The minimum absolute atomic E-state index is 0.0817. The number of likely N-dealkylation sites (tertiary alicyclic amines) is 1. The molecule has 0 saturated carbocycles. The van der Waals surface area contributed by atoms with E-state index in [1.807, 2.05) is 0 Å². The fourth-order valence-corrected chi connectivity index (χ4v) is 3.75. The molecule has 2 aromatic carbocycles. The van der Waals surface area contributed by atoms with Crippen molar-refractivity contribution in [3.63, 3.8) is 0 Å². The second kappa shape index (κ2) is 7.07. The summed E-state index contributed by atoms with van der Waals surface area (Å²) in [5.74, 6) is -0.530. The Morgan fingerprint density at radius 1 is 1.25 bits per heavy atom. The summed E-state index contributed by atoms with van der Waals surface area (Å²) in [6.45, 7) is 0.0997. The molecule has 28 heavy (non-hydrogen) atoms. The highest BCUT2D eigenvalue weighted by molar-refractivity contribution is 6.31. The van der Waals surface area contributed by atoms with Gasteiger partial charge >= 0.3 is 0 Å². The van der Waals surface area contributed by atoms with Crippen molar-refractivity contribution in [3.05, 3.63) is 58.9 Å². The largest absolute Gasteiger partial charge is 0.482 e. The number of hydrogen-bond donors (Lipinski definition) is 1. The predicted molar refractivity (Wildman–Crippen MR) is 101 cm³/mol. The fourth-order valence-electron chi connectivity index (χ4n) is 3.59. The van der Waals surface area contributed by atoms with Crippen LogP contribution in [-0.2, 0) is 15.2 Å². The van der Waals surface area contributed by atoms with E-state index in [4.69, 9.17) is 16.3 Å². The number of nitrogens with zero attached hydrogens (tertiary/aromatic N) is 2. The average molecular weight is 405 g/mol. The summed E-state index contributed by atoms with van der Waals surface area (Å²) >= 11 is 6.02. The molecule has 8 heteroatoms. The lowest BCUT2D eigenvalue weighted by Gasteiger charge is -2.30. The molecule has 4 rings (SSSR count). The van der Waals surface area contributed by atoms with Crippen molar-refractivity contribution in [3.8, 4) is 5.75 Å². The number of benzene rings is 2. The number of halogens is 2. The molecule has 146 valence electrons. The lowest BCUT2D eigenvalue weighted by atomic mass is 9.93. The lowest BCUT2D eigenvalue weighted by molar-refractivity contribution is -0.132. The van der Waals surface area contributed by atoms with E-state index in [9.17, 15) is 19.1 Å². The number of amides is 2. The van der Waals surface area contributed by atoms with E-state index in [1.54, 1.807) is 18.2 Å². The minimum Gasteiger partial charge on any atom is -0.482 e. The van der Waals surface area contributed by atoms with Crippen LogP contribution >= 0.6 is 11.6 Å². The first-order valence-electron chi connectivity index (χ1n) is 8.85. The Labute approximate surface area is 166 Å². The van der Waals surface area contributed by atoms with Crippen LogP contribution in [0.25, 0.3) is 0 Å². The van der Waals surface area contributed by atoms with Gasteiger partial charge < -0.3 is 14.7 Å². The van der Waals surface area contributed by atoms with Gasteiger partial charge in [0.25, 0.3) is 5.91 Å². The van der Waals surface area contributed by atoms with E-state index in [1.165, 1.54) is 34.1 Å². The molecule has 2 aliphatic rings. The first kappa shape index (κ1) is 18.7. The molecule has 0 spiro atoms. The number of β-amino-alcohol motifs (C(OH)–C–C–N with tert-alkyl or cyclic N) is 1. The van der Waals surface area contributed by atoms with Gasteiger partial charge in [0, 0.05) is 11.6 Å². The number of rotatable bonds is 3. The Balaban J connectivity index is 1.50. The highest BCUT2D eigenvalue weighted by atomic mass is 35.5. The van der Waals surface area contributed by atoms with E-state index in [-0.39, 0.29) is 37.3 Å². The molecule has 0 bridgehead atoms. The predicted octanol–water partition coefficient (Wildman–Crippen LogP) is 2.32. The molecular weight excluding hydrogens is 387 g/mol. The molecule has 6 nitrogen and oxygen atoms in total. The molecule has 1 fully saturated rings. The van der Waals surface area contributed by atoms with Gasteiger partial charge in [-0.2, -0.15) is 0 Å². The van der Waals surface area contributed by atoms with Crippen LogP contribution in [0.15, 0.2) is 42.5 Å². The zero-order valence-electron chi connectivity index (χ0n) is 14.9. The quantitative estimate of drug-likeness (QED) is 0.852. The van der Waals surface area contributed by atoms with Crippen LogP contribution in [0.4, 0.5) is 10.1 Å². The maximum Gasteiger partial charge on any atom is 0.265 e. The third-order valence-electron chi connectivity index (χ3n) is 5.14. The fraction of sp³-hybridized carbons (Fsp3) is 0.300. The number of anilines is 1. The highest BCUT2D eigenvalue weighted by Gasteiger charge is 2.40. The van der Waals surface area contributed by atoms with E-state index in [0.29, 0.717) is 35.0 Å². The lowest BCUT2D eigenvalue weighted by Crippen LogP contribution is -2.46. The summed E-state index contributed by atoms with van der Waals surface area (Å²) in [6.07, 6.45) is 0.337. The van der Waals surface area contributed by atoms with Gasteiger partial charge in [-0.1, -0.05) is 23.7 Å². The SMILES string of the molecule is O=C(CN1C(=O)COc2ccc(Cl)cc21)N1CCC(O)(c2ccc(F)cc2)C1. The van der Waals surface area contributed by atoms with Crippen LogP contribution in [0, 0.1) is 5.82 Å². The Hall–Kier alpha value is -2.64. The molecule has 1 N–H and O–H groups in total. The number of hydrogen-bond acceptors (Lipinski definition) is 4. The van der Waals surface area contributed by atoms with Crippen LogP contribution in [0.1, 0.15) is 12.0 Å². The smallest absolute Gasteiger partial charge is 0.265 e. The Bertz CT molecular complexity index is 936. The van der Waals surface area contributed by atoms with Gasteiger partial charge in [-0.25, -0.2) is 4.39 Å². The Morgan fingerprint density at radius 3 is 2.75 bits per heavy atom. The van der Waals surface area contributed by atoms with Crippen LogP contribution in [0.5, 0.6) is 5.75 Å². The zero-order chi connectivity index (χ0) is 19.9. The second-order valence-electron chi connectivity index (χ2n) is 6.98. The van der Waals surface area contributed by atoms with Crippen molar-refractivity contribution in [1.82, 2.24) is 4.90 Å². The highest BCUT2D eigenvalue weighted by Crippen LogP contribution is 2.35. The summed E-state index contributed by atoms with van der Waals surface area (Å²) in [6, 6.07) is 10.5. The molecular formula is C20H18ClFN2O4. The van der Waals surface area contributed by atoms with Gasteiger partial charge in [0.2, 0.25) is 5.91 Å². The molecule has 2 amide bonds. The van der Waals surface area contributed by atoms with Gasteiger partial charge in [0.15, 0.2) is 6.61 Å². The standard InChI is InChI=1S/C20H18ClFN2O4/c21-14-3-6-17-16(9-14)24(19(26)11-28-17)10-18(25)23-8-7-20(27,12-23)13-1-4-15(22)5-2-13/h1-6,9,27H,7-8,10-12H2. The van der Waals surface area contributed by atoms with E-state index >= 15 is 0 Å². The second-order valence-corrected chi connectivity index (χ2v) is 7.42. The maximum atomic E-state index is 13.1. The van der Waals surface area contributed by atoms with Crippen LogP contribution in [0.3, 0.4) is 0 Å². The van der Waals surface area contributed by atoms with E-state index < -0.39 is 5.60 Å². The third-order valence-corrected chi connectivity index (χ3v) is 5.37. The normalized spacial score (nSPS) is 21.5. The van der Waals surface area contributed by atoms with Crippen molar-refractivity contribution in [2.45, 2.75) is 12.0 Å². The van der Waals surface area contributed by atoms with Gasteiger partial charge in [-0.15, -0.1) is 0 Å². The summed E-state index contributed by atoms with van der Waals surface area (Å²) in [7, 11) is 0. The molecule has 2 heterocycles. The maximum absolute atomic E-state index is 13.1. The monoisotopic (exact) mass is 404 g/mol. The minimum atomic E-state index is -1.24. The number of carbonyl (C=O) groups excluding carboxylic acids is 2. The zero-order valence-corrected chi connectivity index (χ0v) is 15.7. The summed E-state index contributed by atoms with van der Waals surface area (Å²) in [4.78, 5) is 28.0. The molecule has 2 aliphatic heterocycles. The molecule has 0 radical (unpaired) electrons. The van der Waals surface area contributed by atoms with Crippen molar-refractivity contribution in [2.24, 2.45) is 0 Å². The average Bonchev–Trinajstić information content (AvgIpc) is 3.08. The summed E-state index contributed by atoms with van der Waals surface area (Å²) in [5, 5.41) is 11.3. The molecule has 1 saturated heterocycles. The molecule has 0 aromatic heterocycles. The van der Waals surface area contributed by atoms with E-state index in [2.05, 4.69) is 0 Å². The number of carbonyl (C=O) groups is 2. The Morgan fingerprint density at radius 2 is 2.00 bits per heavy atom. The van der Waals surface area contributed by atoms with Gasteiger partial charge in [0.05, 0.1) is 12.2 Å². The first-order valence-corrected chi connectivity index (χ1v) is 9.22. The molecule has 1 unspecified atom stereocenters. The number of fused-ring (bicyclic) bond motifs is 1. The van der Waals surface area contributed by atoms with Crippen LogP contribution in [-0.4, -0.2) is 48.1 Å².